The summed E-state index contributed by atoms with van der Waals surface area (Å²) in [6, 6.07) is 7.75. The summed E-state index contributed by atoms with van der Waals surface area (Å²) in [5.74, 6) is 0.0337. The van der Waals surface area contributed by atoms with Crippen molar-refractivity contribution in [3.05, 3.63) is 29.8 Å². The molecule has 1 rings (SSSR count). The summed E-state index contributed by atoms with van der Waals surface area (Å²) in [6.07, 6.45) is 2.42. The van der Waals surface area contributed by atoms with Crippen molar-refractivity contribution in [1.82, 2.24) is 4.72 Å². The van der Waals surface area contributed by atoms with Crippen molar-refractivity contribution in [2.75, 3.05) is 23.7 Å². The van der Waals surface area contributed by atoms with Gasteiger partial charge >= 0.3 is 0 Å². The minimum atomic E-state index is -3.25. The number of aryl methyl sites for hydroxylation is 1. The van der Waals surface area contributed by atoms with E-state index in [0.717, 1.165) is 18.5 Å². The van der Waals surface area contributed by atoms with E-state index >= 15 is 0 Å². The highest BCUT2D eigenvalue weighted by molar-refractivity contribution is 7.89. The van der Waals surface area contributed by atoms with Crippen LogP contribution in [0.1, 0.15) is 39.2 Å². The minimum Gasteiger partial charge on any atom is -0.311 e. The summed E-state index contributed by atoms with van der Waals surface area (Å²) in [6.45, 7) is 6.06. The minimum absolute atomic E-state index is 0.1000. The lowest BCUT2D eigenvalue weighted by Crippen LogP contribution is -2.38. The highest BCUT2D eigenvalue weighted by Crippen LogP contribution is 2.15. The first-order valence-electron chi connectivity index (χ1n) is 7.74. The van der Waals surface area contributed by atoms with Crippen LogP contribution in [0.3, 0.4) is 0 Å². The number of nitrogens with zero attached hydrogens (tertiary/aromatic N) is 1. The molecule has 0 unspecified atom stereocenters. The van der Waals surface area contributed by atoms with Crippen LogP contribution < -0.4 is 9.62 Å². The van der Waals surface area contributed by atoms with Crippen LogP contribution >= 0.6 is 0 Å². The molecule has 0 heterocycles. The first-order valence-corrected chi connectivity index (χ1v) is 9.39. The second kappa shape index (κ2) is 8.90. The molecule has 0 aromatic heterocycles. The van der Waals surface area contributed by atoms with E-state index in [0.29, 0.717) is 13.0 Å². The number of hydrogen-bond acceptors (Lipinski definition) is 3. The van der Waals surface area contributed by atoms with E-state index in [1.165, 1.54) is 12.5 Å². The maximum atomic E-state index is 11.8. The molecule has 0 aliphatic rings. The first kappa shape index (κ1) is 18.6. The van der Waals surface area contributed by atoms with Crippen molar-refractivity contribution in [3.63, 3.8) is 0 Å². The van der Waals surface area contributed by atoms with Gasteiger partial charge in [0.15, 0.2) is 0 Å². The maximum absolute atomic E-state index is 11.8. The van der Waals surface area contributed by atoms with Crippen molar-refractivity contribution in [3.8, 4) is 0 Å². The summed E-state index contributed by atoms with van der Waals surface area (Å²) < 4.78 is 26.0. The second-order valence-electron chi connectivity index (χ2n) is 5.26. The zero-order valence-electron chi connectivity index (χ0n) is 13.6. The Balaban J connectivity index is 2.63. The summed E-state index contributed by atoms with van der Waals surface area (Å²) in [7, 11) is -3.25. The molecule has 5 nitrogen and oxygen atoms in total. The van der Waals surface area contributed by atoms with Gasteiger partial charge in [-0.1, -0.05) is 32.4 Å². The van der Waals surface area contributed by atoms with E-state index in [-0.39, 0.29) is 18.2 Å². The molecular weight excluding hydrogens is 300 g/mol. The molecule has 1 aromatic rings. The van der Waals surface area contributed by atoms with E-state index < -0.39 is 10.0 Å². The number of unbranched alkanes of at least 4 members (excludes halogenated alkanes) is 1. The predicted molar refractivity (Wildman–Crippen MR) is 90.5 cm³/mol. The van der Waals surface area contributed by atoms with Crippen LogP contribution in [-0.4, -0.2) is 33.2 Å². The number of anilines is 1. The molecule has 1 N–H and O–H groups in total. The molecule has 124 valence electrons. The molecule has 0 radical (unpaired) electrons. The number of carbonyl (C=O) groups is 1. The van der Waals surface area contributed by atoms with E-state index in [2.05, 4.69) is 11.6 Å². The summed E-state index contributed by atoms with van der Waals surface area (Å²) in [5, 5.41) is 0. The number of nitrogens with one attached hydrogen (secondary N) is 1. The normalized spacial score (nSPS) is 11.4. The van der Waals surface area contributed by atoms with Gasteiger partial charge in [0, 0.05) is 25.7 Å². The average Bonchev–Trinajstić information content (AvgIpc) is 2.49. The summed E-state index contributed by atoms with van der Waals surface area (Å²) in [4.78, 5) is 13.4. The molecule has 22 heavy (non-hydrogen) atoms. The molecule has 6 heteroatoms. The van der Waals surface area contributed by atoms with Crippen LogP contribution in [0.4, 0.5) is 5.69 Å². The van der Waals surface area contributed by atoms with Gasteiger partial charge in [-0.15, -0.1) is 0 Å². The average molecular weight is 326 g/mol. The Hall–Kier alpha value is -1.40. The maximum Gasteiger partial charge on any atom is 0.223 e. The van der Waals surface area contributed by atoms with Crippen LogP contribution in [-0.2, 0) is 21.2 Å². The van der Waals surface area contributed by atoms with Gasteiger partial charge < -0.3 is 4.90 Å². The number of amides is 1. The molecule has 1 aromatic carbocycles. The zero-order chi connectivity index (χ0) is 16.6. The zero-order valence-corrected chi connectivity index (χ0v) is 14.4. The van der Waals surface area contributed by atoms with Crippen molar-refractivity contribution >= 4 is 21.6 Å². The molecule has 1 amide bonds. The smallest absolute Gasteiger partial charge is 0.223 e. The lowest BCUT2D eigenvalue weighted by atomic mass is 10.1. The van der Waals surface area contributed by atoms with Gasteiger partial charge in [0.1, 0.15) is 0 Å². The Bertz CT molecular complexity index is 568. The Morgan fingerprint density at radius 3 is 2.32 bits per heavy atom. The van der Waals surface area contributed by atoms with Gasteiger partial charge in [-0.3, -0.25) is 4.79 Å². The highest BCUT2D eigenvalue weighted by Gasteiger charge is 2.13. The van der Waals surface area contributed by atoms with Crippen LogP contribution in [0, 0.1) is 0 Å². The lowest BCUT2D eigenvalue weighted by molar-refractivity contribution is -0.116. The largest absolute Gasteiger partial charge is 0.311 e. The van der Waals surface area contributed by atoms with Crippen molar-refractivity contribution in [1.29, 1.82) is 0 Å². The molecule has 0 aliphatic heterocycles. The molecular formula is C16H26N2O3S. The number of carbonyl (C=O) groups excluding carboxylic acids is 1. The van der Waals surface area contributed by atoms with Crippen LogP contribution in [0.25, 0.3) is 0 Å². The van der Waals surface area contributed by atoms with Crippen molar-refractivity contribution in [2.45, 2.75) is 40.0 Å². The summed E-state index contributed by atoms with van der Waals surface area (Å²) in [5.41, 5.74) is 1.99. The third-order valence-corrected chi connectivity index (χ3v) is 4.93. The van der Waals surface area contributed by atoms with Gasteiger partial charge in [0.2, 0.25) is 15.9 Å². The second-order valence-corrected chi connectivity index (χ2v) is 7.18. The van der Waals surface area contributed by atoms with Gasteiger partial charge in [-0.05, 0) is 30.5 Å². The monoisotopic (exact) mass is 326 g/mol. The van der Waals surface area contributed by atoms with Gasteiger partial charge in [0.25, 0.3) is 0 Å². The van der Waals surface area contributed by atoms with Crippen molar-refractivity contribution < 1.29 is 13.2 Å². The summed E-state index contributed by atoms with van der Waals surface area (Å²) >= 11 is 0. The van der Waals surface area contributed by atoms with Gasteiger partial charge in [-0.25, -0.2) is 13.1 Å². The Morgan fingerprint density at radius 2 is 1.82 bits per heavy atom. The highest BCUT2D eigenvalue weighted by atomic mass is 32.2. The van der Waals surface area contributed by atoms with E-state index in [4.69, 9.17) is 0 Å². The van der Waals surface area contributed by atoms with Gasteiger partial charge in [-0.2, -0.15) is 0 Å². The first-order chi connectivity index (χ1) is 10.4. The Morgan fingerprint density at radius 1 is 1.18 bits per heavy atom. The molecule has 0 atom stereocenters. The molecule has 0 aliphatic carbocycles. The van der Waals surface area contributed by atoms with Crippen LogP contribution in [0.2, 0.25) is 0 Å². The topological polar surface area (TPSA) is 66.5 Å². The number of hydrogen-bond donors (Lipinski definition) is 1. The van der Waals surface area contributed by atoms with Crippen LogP contribution in [0.5, 0.6) is 0 Å². The van der Waals surface area contributed by atoms with Crippen LogP contribution in [0.15, 0.2) is 24.3 Å². The quantitative estimate of drug-likeness (QED) is 0.757. The number of benzene rings is 1. The molecule has 0 saturated heterocycles. The molecule has 0 spiro atoms. The fourth-order valence-corrected chi connectivity index (χ4v) is 3.31. The molecule has 0 fully saturated rings. The van der Waals surface area contributed by atoms with E-state index in [1.54, 1.807) is 4.90 Å². The number of rotatable bonds is 9. The third kappa shape index (κ3) is 6.15. The third-order valence-electron chi connectivity index (χ3n) is 3.46. The standard InChI is InChI=1S/C16H26N2O3S/c1-4-6-13-22(20,21)17-11-12-18(14(3)19)16-9-7-15(5-2)8-10-16/h7-10,17H,4-6,11-13H2,1-3H3. The number of sulfonamides is 1. The SMILES string of the molecule is CCCCS(=O)(=O)NCCN(C(C)=O)c1ccc(CC)cc1. The van der Waals surface area contributed by atoms with Crippen molar-refractivity contribution in [2.24, 2.45) is 0 Å². The fraction of sp³-hybridized carbons (Fsp3) is 0.562. The lowest BCUT2D eigenvalue weighted by Gasteiger charge is -2.21. The van der Waals surface area contributed by atoms with Gasteiger partial charge in [0.05, 0.1) is 5.75 Å². The Kier molecular flexibility index (Phi) is 7.55. The predicted octanol–water partition coefficient (Wildman–Crippen LogP) is 2.32. The molecule has 0 saturated carbocycles. The molecule has 0 bridgehead atoms. The Labute approximate surface area is 133 Å². The van der Waals surface area contributed by atoms with E-state index in [1.807, 2.05) is 31.2 Å². The fourth-order valence-electron chi connectivity index (χ4n) is 2.10. The van der Waals surface area contributed by atoms with E-state index in [9.17, 15) is 13.2 Å².